The molecule has 1 heterocycles. The summed E-state index contributed by atoms with van der Waals surface area (Å²) in [5.41, 5.74) is -0.0287. The van der Waals surface area contributed by atoms with Gasteiger partial charge in [0.2, 0.25) is 0 Å². The molecular weight excluding hydrogens is 224 g/mol. The maximum Gasteiger partial charge on any atom is 0.0752 e. The van der Waals surface area contributed by atoms with Gasteiger partial charge in [0.25, 0.3) is 0 Å². The van der Waals surface area contributed by atoms with Crippen molar-refractivity contribution in [3.8, 4) is 0 Å². The molecule has 0 aromatic heterocycles. The van der Waals surface area contributed by atoms with Crippen LogP contribution < -0.4 is 5.32 Å². The normalized spacial score (nSPS) is 24.8. The molecule has 0 saturated carbocycles. The minimum Gasteiger partial charge on any atom is -0.375 e. The first-order valence-electron chi connectivity index (χ1n) is 7.58. The fraction of sp³-hybridized carbons (Fsp3) is 1.00. The van der Waals surface area contributed by atoms with Crippen LogP contribution >= 0.6 is 0 Å². The third kappa shape index (κ3) is 5.25. The van der Waals surface area contributed by atoms with E-state index in [2.05, 4.69) is 44.8 Å². The van der Waals surface area contributed by atoms with Gasteiger partial charge in [-0.15, -0.1) is 0 Å². The van der Waals surface area contributed by atoms with E-state index in [0.29, 0.717) is 6.04 Å². The van der Waals surface area contributed by atoms with Gasteiger partial charge in [-0.3, -0.25) is 4.90 Å². The van der Waals surface area contributed by atoms with Crippen LogP contribution in [0.2, 0.25) is 0 Å². The van der Waals surface area contributed by atoms with Crippen molar-refractivity contribution in [3.05, 3.63) is 0 Å². The lowest BCUT2D eigenvalue weighted by Crippen LogP contribution is -2.47. The number of rotatable bonds is 6. The third-order valence-corrected chi connectivity index (χ3v) is 3.98. The molecule has 18 heavy (non-hydrogen) atoms. The molecule has 2 unspecified atom stereocenters. The molecular formula is C15H32N2O. The van der Waals surface area contributed by atoms with Gasteiger partial charge in [-0.05, 0) is 46.2 Å². The lowest BCUT2D eigenvalue weighted by molar-refractivity contribution is -0.0349. The molecule has 1 saturated heterocycles. The largest absolute Gasteiger partial charge is 0.375 e. The van der Waals surface area contributed by atoms with E-state index in [4.69, 9.17) is 4.74 Å². The molecule has 0 amide bonds. The van der Waals surface area contributed by atoms with Crippen molar-refractivity contribution in [3.63, 3.8) is 0 Å². The summed E-state index contributed by atoms with van der Waals surface area (Å²) < 4.78 is 5.83. The van der Waals surface area contributed by atoms with Crippen LogP contribution in [0.1, 0.15) is 47.5 Å². The number of hydrogen-bond donors (Lipinski definition) is 1. The van der Waals surface area contributed by atoms with Crippen LogP contribution in [0.25, 0.3) is 0 Å². The Labute approximate surface area is 113 Å². The summed E-state index contributed by atoms with van der Waals surface area (Å²) in [7, 11) is 0. The Kier molecular flexibility index (Phi) is 6.61. The molecule has 3 heteroatoms. The molecule has 3 nitrogen and oxygen atoms in total. The van der Waals surface area contributed by atoms with E-state index in [0.717, 1.165) is 32.2 Å². The van der Waals surface area contributed by atoms with Crippen molar-refractivity contribution in [2.24, 2.45) is 5.92 Å². The molecule has 0 aliphatic carbocycles. The predicted molar refractivity (Wildman–Crippen MR) is 78.0 cm³/mol. The molecule has 1 rings (SSSR count). The van der Waals surface area contributed by atoms with Crippen LogP contribution in [-0.4, -0.2) is 49.3 Å². The van der Waals surface area contributed by atoms with Crippen LogP contribution in [-0.2, 0) is 4.74 Å². The summed E-state index contributed by atoms with van der Waals surface area (Å²) in [4.78, 5) is 2.58. The summed E-state index contributed by atoms with van der Waals surface area (Å²) in [6.07, 6.45) is 2.50. The minimum absolute atomic E-state index is 0.0287. The van der Waals surface area contributed by atoms with Crippen molar-refractivity contribution in [2.45, 2.75) is 59.1 Å². The average Bonchev–Trinajstić information content (AvgIpc) is 2.52. The van der Waals surface area contributed by atoms with Crippen LogP contribution in [0, 0.1) is 5.92 Å². The van der Waals surface area contributed by atoms with Crippen molar-refractivity contribution in [1.82, 2.24) is 10.2 Å². The van der Waals surface area contributed by atoms with Crippen molar-refractivity contribution in [1.29, 1.82) is 0 Å². The standard InChI is InChI=1S/C15H32N2O/c1-6-13(3)14-11-17(10-8-9-16-14)12-15(4,5)18-7-2/h13-14,16H,6-12H2,1-5H3. The second-order valence-corrected chi connectivity index (χ2v) is 6.23. The van der Waals surface area contributed by atoms with Gasteiger partial charge in [0.1, 0.15) is 0 Å². The van der Waals surface area contributed by atoms with Gasteiger partial charge in [-0.1, -0.05) is 20.3 Å². The Morgan fingerprint density at radius 1 is 1.39 bits per heavy atom. The minimum atomic E-state index is -0.0287. The van der Waals surface area contributed by atoms with E-state index in [1.54, 1.807) is 0 Å². The quantitative estimate of drug-likeness (QED) is 0.790. The highest BCUT2D eigenvalue weighted by molar-refractivity contribution is 4.83. The molecule has 1 N–H and O–H groups in total. The lowest BCUT2D eigenvalue weighted by Gasteiger charge is -2.34. The topological polar surface area (TPSA) is 24.5 Å². The number of nitrogens with zero attached hydrogens (tertiary/aromatic N) is 1. The lowest BCUT2D eigenvalue weighted by atomic mass is 9.98. The van der Waals surface area contributed by atoms with Crippen molar-refractivity contribution in [2.75, 3.05) is 32.8 Å². The second kappa shape index (κ2) is 7.46. The van der Waals surface area contributed by atoms with Gasteiger partial charge in [-0.2, -0.15) is 0 Å². The summed E-state index contributed by atoms with van der Waals surface area (Å²) >= 11 is 0. The number of ether oxygens (including phenoxy) is 1. The Balaban J connectivity index is 2.53. The first kappa shape index (κ1) is 15.9. The molecule has 108 valence electrons. The molecule has 1 fully saturated rings. The van der Waals surface area contributed by atoms with Gasteiger partial charge >= 0.3 is 0 Å². The molecule has 0 spiro atoms. The highest BCUT2D eigenvalue weighted by Gasteiger charge is 2.26. The highest BCUT2D eigenvalue weighted by Crippen LogP contribution is 2.16. The Morgan fingerprint density at radius 2 is 2.11 bits per heavy atom. The van der Waals surface area contributed by atoms with Crippen LogP contribution in [0.5, 0.6) is 0 Å². The molecule has 1 aliphatic rings. The molecule has 2 atom stereocenters. The van der Waals surface area contributed by atoms with Gasteiger partial charge in [0.05, 0.1) is 5.60 Å². The molecule has 0 bridgehead atoms. The van der Waals surface area contributed by atoms with E-state index in [1.807, 2.05) is 0 Å². The van der Waals surface area contributed by atoms with E-state index in [-0.39, 0.29) is 5.60 Å². The van der Waals surface area contributed by atoms with E-state index in [9.17, 15) is 0 Å². The maximum absolute atomic E-state index is 5.83. The average molecular weight is 256 g/mol. The Morgan fingerprint density at radius 3 is 2.72 bits per heavy atom. The van der Waals surface area contributed by atoms with Crippen LogP contribution in [0.15, 0.2) is 0 Å². The fourth-order valence-corrected chi connectivity index (χ4v) is 2.81. The van der Waals surface area contributed by atoms with Crippen LogP contribution in [0.3, 0.4) is 0 Å². The first-order valence-corrected chi connectivity index (χ1v) is 7.58. The van der Waals surface area contributed by atoms with E-state index < -0.39 is 0 Å². The number of nitrogens with one attached hydrogen (secondary N) is 1. The highest BCUT2D eigenvalue weighted by atomic mass is 16.5. The third-order valence-electron chi connectivity index (χ3n) is 3.98. The maximum atomic E-state index is 5.83. The summed E-state index contributed by atoms with van der Waals surface area (Å²) in [5, 5.41) is 3.70. The summed E-state index contributed by atoms with van der Waals surface area (Å²) in [6.45, 7) is 16.5. The zero-order valence-corrected chi connectivity index (χ0v) is 13.0. The smallest absolute Gasteiger partial charge is 0.0752 e. The predicted octanol–water partition coefficient (Wildman–Crippen LogP) is 2.51. The number of hydrogen-bond acceptors (Lipinski definition) is 3. The van der Waals surface area contributed by atoms with Gasteiger partial charge < -0.3 is 10.1 Å². The molecule has 0 aromatic rings. The SMILES string of the molecule is CCOC(C)(C)CN1CCCNC(C(C)CC)C1. The zero-order valence-electron chi connectivity index (χ0n) is 13.0. The van der Waals surface area contributed by atoms with E-state index >= 15 is 0 Å². The summed E-state index contributed by atoms with van der Waals surface area (Å²) in [5.74, 6) is 0.751. The van der Waals surface area contributed by atoms with Crippen LogP contribution in [0.4, 0.5) is 0 Å². The van der Waals surface area contributed by atoms with E-state index in [1.165, 1.54) is 19.4 Å². The van der Waals surface area contributed by atoms with Crippen molar-refractivity contribution >= 4 is 0 Å². The zero-order chi connectivity index (χ0) is 13.6. The Bertz CT molecular complexity index is 231. The van der Waals surface area contributed by atoms with Crippen molar-refractivity contribution < 1.29 is 4.74 Å². The van der Waals surface area contributed by atoms with Gasteiger partial charge in [0, 0.05) is 25.7 Å². The molecule has 0 radical (unpaired) electrons. The monoisotopic (exact) mass is 256 g/mol. The first-order chi connectivity index (χ1) is 8.48. The molecule has 0 aromatic carbocycles. The second-order valence-electron chi connectivity index (χ2n) is 6.23. The molecule has 1 aliphatic heterocycles. The fourth-order valence-electron chi connectivity index (χ4n) is 2.81. The van der Waals surface area contributed by atoms with Gasteiger partial charge in [-0.25, -0.2) is 0 Å². The Hall–Kier alpha value is -0.120. The summed E-state index contributed by atoms with van der Waals surface area (Å²) in [6, 6.07) is 0.634. The van der Waals surface area contributed by atoms with Gasteiger partial charge in [0.15, 0.2) is 0 Å².